The maximum Gasteiger partial charge on any atom is 0.260 e. The Morgan fingerprint density at radius 1 is 1.45 bits per heavy atom. The van der Waals surface area contributed by atoms with E-state index in [0.717, 1.165) is 19.3 Å². The number of hydrogen-bond donors (Lipinski definition) is 1. The summed E-state index contributed by atoms with van der Waals surface area (Å²) in [6, 6.07) is 4.90. The number of amides is 1. The molecule has 0 heterocycles. The van der Waals surface area contributed by atoms with Crippen LogP contribution in [-0.2, 0) is 4.79 Å². The molecule has 1 N–H and O–H groups in total. The van der Waals surface area contributed by atoms with Gasteiger partial charge < -0.3 is 10.1 Å². The number of halogens is 1. The highest BCUT2D eigenvalue weighted by Crippen LogP contribution is 2.25. The molecule has 110 valence electrons. The van der Waals surface area contributed by atoms with E-state index in [0.29, 0.717) is 23.6 Å². The predicted octanol–water partition coefficient (Wildman–Crippen LogP) is 3.23. The van der Waals surface area contributed by atoms with Crippen LogP contribution in [-0.4, -0.2) is 24.8 Å². The van der Waals surface area contributed by atoms with Crippen molar-refractivity contribution in [1.82, 2.24) is 5.32 Å². The summed E-state index contributed by atoms with van der Waals surface area (Å²) in [5.74, 6) is 0.127. The van der Waals surface area contributed by atoms with Crippen molar-refractivity contribution in [2.24, 2.45) is 0 Å². The Bertz CT molecular complexity index is 462. The molecule has 0 aromatic heterocycles. The van der Waals surface area contributed by atoms with Crippen LogP contribution < -0.4 is 10.1 Å². The van der Waals surface area contributed by atoms with Crippen molar-refractivity contribution < 1.29 is 14.3 Å². The summed E-state index contributed by atoms with van der Waals surface area (Å²) in [7, 11) is 0. The third-order valence-corrected chi connectivity index (χ3v) is 3.21. The van der Waals surface area contributed by atoms with Gasteiger partial charge in [-0.1, -0.05) is 37.4 Å². The van der Waals surface area contributed by atoms with Gasteiger partial charge in [0.2, 0.25) is 0 Å². The summed E-state index contributed by atoms with van der Waals surface area (Å²) in [5, 5.41) is 3.12. The van der Waals surface area contributed by atoms with E-state index in [1.165, 1.54) is 0 Å². The first-order valence-corrected chi connectivity index (χ1v) is 7.16. The lowest BCUT2D eigenvalue weighted by atomic mass is 10.2. The lowest BCUT2D eigenvalue weighted by Crippen LogP contribution is -2.37. The second-order valence-electron chi connectivity index (χ2n) is 4.53. The maximum absolute atomic E-state index is 11.8. The first-order valence-electron chi connectivity index (χ1n) is 6.78. The van der Waals surface area contributed by atoms with Gasteiger partial charge in [-0.15, -0.1) is 0 Å². The summed E-state index contributed by atoms with van der Waals surface area (Å²) in [5.41, 5.74) is 0.264. The van der Waals surface area contributed by atoms with Crippen LogP contribution in [0.2, 0.25) is 5.02 Å². The minimum Gasteiger partial charge on any atom is -0.480 e. The molecule has 0 saturated heterocycles. The molecular formula is C15H20ClNO3. The molecule has 1 amide bonds. The molecule has 0 bridgehead atoms. The summed E-state index contributed by atoms with van der Waals surface area (Å²) >= 11 is 5.90. The Hall–Kier alpha value is -1.55. The molecule has 1 unspecified atom stereocenters. The van der Waals surface area contributed by atoms with E-state index in [4.69, 9.17) is 16.3 Å². The molecule has 0 fully saturated rings. The van der Waals surface area contributed by atoms with E-state index in [2.05, 4.69) is 12.2 Å². The van der Waals surface area contributed by atoms with E-state index in [1.807, 2.05) is 0 Å². The molecule has 5 heteroatoms. The van der Waals surface area contributed by atoms with Crippen LogP contribution in [0.15, 0.2) is 18.2 Å². The smallest absolute Gasteiger partial charge is 0.260 e. The van der Waals surface area contributed by atoms with Crippen molar-refractivity contribution in [3.8, 4) is 5.75 Å². The van der Waals surface area contributed by atoms with Crippen LogP contribution in [0.4, 0.5) is 0 Å². The lowest BCUT2D eigenvalue weighted by Gasteiger charge is -2.16. The van der Waals surface area contributed by atoms with Gasteiger partial charge in [-0.3, -0.25) is 9.59 Å². The van der Waals surface area contributed by atoms with E-state index in [1.54, 1.807) is 25.1 Å². The fourth-order valence-electron chi connectivity index (χ4n) is 1.71. The highest BCUT2D eigenvalue weighted by molar-refractivity contribution is 6.33. The van der Waals surface area contributed by atoms with Crippen LogP contribution in [0.5, 0.6) is 5.75 Å². The lowest BCUT2D eigenvalue weighted by molar-refractivity contribution is -0.127. The third-order valence-electron chi connectivity index (χ3n) is 2.88. The topological polar surface area (TPSA) is 55.4 Å². The Balaban J connectivity index is 2.57. The number of ether oxygens (including phenoxy) is 1. The Kier molecular flexibility index (Phi) is 7.09. The van der Waals surface area contributed by atoms with E-state index >= 15 is 0 Å². The molecule has 4 nitrogen and oxygen atoms in total. The third kappa shape index (κ3) is 4.85. The van der Waals surface area contributed by atoms with Gasteiger partial charge in [-0.2, -0.15) is 0 Å². The van der Waals surface area contributed by atoms with Gasteiger partial charge in [-0.25, -0.2) is 0 Å². The normalized spacial score (nSPS) is 11.8. The van der Waals surface area contributed by atoms with Crippen LogP contribution in [0.1, 0.15) is 43.5 Å². The van der Waals surface area contributed by atoms with Crippen LogP contribution in [0.25, 0.3) is 0 Å². The van der Waals surface area contributed by atoms with Crippen molar-refractivity contribution in [3.63, 3.8) is 0 Å². The number of hydrogen-bond acceptors (Lipinski definition) is 3. The summed E-state index contributed by atoms with van der Waals surface area (Å²) in [4.78, 5) is 22.8. The van der Waals surface area contributed by atoms with Gasteiger partial charge in [0.1, 0.15) is 5.75 Å². The van der Waals surface area contributed by atoms with Crippen LogP contribution in [0, 0.1) is 0 Å². The van der Waals surface area contributed by atoms with Crippen molar-refractivity contribution >= 4 is 23.8 Å². The molecule has 1 rings (SSSR count). The fourth-order valence-corrected chi connectivity index (χ4v) is 1.92. The first kappa shape index (κ1) is 16.5. The Morgan fingerprint density at radius 3 is 2.85 bits per heavy atom. The van der Waals surface area contributed by atoms with Gasteiger partial charge in [0.15, 0.2) is 12.4 Å². The minimum atomic E-state index is -0.672. The number of rotatable bonds is 8. The number of carbonyl (C=O) groups is 2. The van der Waals surface area contributed by atoms with Gasteiger partial charge in [0, 0.05) is 6.54 Å². The molecule has 1 aromatic rings. The number of nitrogens with one attached hydrogen (secondary N) is 1. The largest absolute Gasteiger partial charge is 0.480 e. The monoisotopic (exact) mass is 297 g/mol. The van der Waals surface area contributed by atoms with Gasteiger partial charge in [0.05, 0.1) is 10.6 Å². The number of aldehydes is 1. The summed E-state index contributed by atoms with van der Waals surface area (Å²) in [6.45, 7) is 4.38. The van der Waals surface area contributed by atoms with Crippen molar-refractivity contribution in [2.45, 2.75) is 39.2 Å². The van der Waals surface area contributed by atoms with Crippen molar-refractivity contribution in [2.75, 3.05) is 6.54 Å². The van der Waals surface area contributed by atoms with E-state index in [-0.39, 0.29) is 11.5 Å². The molecule has 1 aromatic carbocycles. The number of carbonyl (C=O) groups excluding carboxylic acids is 2. The van der Waals surface area contributed by atoms with Crippen LogP contribution >= 0.6 is 11.6 Å². The maximum atomic E-state index is 11.8. The summed E-state index contributed by atoms with van der Waals surface area (Å²) in [6.07, 6.45) is 3.09. The molecule has 0 spiro atoms. The van der Waals surface area contributed by atoms with Gasteiger partial charge in [-0.05, 0) is 25.5 Å². The van der Waals surface area contributed by atoms with Gasteiger partial charge in [0.25, 0.3) is 5.91 Å². The Labute approximate surface area is 124 Å². The predicted molar refractivity (Wildman–Crippen MR) is 79.5 cm³/mol. The molecule has 0 aliphatic heterocycles. The molecule has 0 aliphatic carbocycles. The minimum absolute atomic E-state index is 0.196. The fraction of sp³-hybridized carbons (Fsp3) is 0.467. The number of benzene rings is 1. The first-order chi connectivity index (χ1) is 9.60. The van der Waals surface area contributed by atoms with E-state index in [9.17, 15) is 9.59 Å². The average molecular weight is 298 g/mol. The second kappa shape index (κ2) is 8.59. The summed E-state index contributed by atoms with van der Waals surface area (Å²) < 4.78 is 5.51. The van der Waals surface area contributed by atoms with Crippen LogP contribution in [0.3, 0.4) is 0 Å². The molecule has 20 heavy (non-hydrogen) atoms. The molecule has 1 atom stereocenters. The zero-order valence-electron chi connectivity index (χ0n) is 11.8. The quantitative estimate of drug-likeness (QED) is 0.592. The highest BCUT2D eigenvalue weighted by atomic mass is 35.5. The number of unbranched alkanes of at least 4 members (excludes halogenated alkanes) is 2. The second-order valence-corrected chi connectivity index (χ2v) is 4.93. The molecule has 0 radical (unpaired) electrons. The molecule has 0 aliphatic rings. The zero-order valence-corrected chi connectivity index (χ0v) is 12.6. The Morgan fingerprint density at radius 2 is 2.20 bits per heavy atom. The van der Waals surface area contributed by atoms with E-state index < -0.39 is 6.10 Å². The van der Waals surface area contributed by atoms with Gasteiger partial charge >= 0.3 is 0 Å². The average Bonchev–Trinajstić information content (AvgIpc) is 2.43. The molecule has 0 saturated carbocycles. The zero-order chi connectivity index (χ0) is 15.0. The molecular weight excluding hydrogens is 278 g/mol. The highest BCUT2D eigenvalue weighted by Gasteiger charge is 2.16. The van der Waals surface area contributed by atoms with Crippen molar-refractivity contribution in [3.05, 3.63) is 28.8 Å². The standard InChI is InChI=1S/C15H20ClNO3/c1-3-4-5-9-17-15(19)11(2)20-14-8-6-7-13(16)12(14)10-18/h6-8,10-11H,3-5,9H2,1-2H3,(H,17,19). The SMILES string of the molecule is CCCCCNC(=O)C(C)Oc1cccc(Cl)c1C=O. The van der Waals surface area contributed by atoms with Crippen molar-refractivity contribution in [1.29, 1.82) is 0 Å².